The highest BCUT2D eigenvalue weighted by Crippen LogP contribution is 2.12. The SMILES string of the molecule is CCc1cnc(CNC(=O)N[C@H](C)C(=O)O)s1. The number of carboxylic acid groups (broad SMARTS) is 1. The predicted molar refractivity (Wildman–Crippen MR) is 64.0 cm³/mol. The Morgan fingerprint density at radius 1 is 1.59 bits per heavy atom. The molecule has 0 aromatic carbocycles. The minimum atomic E-state index is -1.07. The zero-order valence-electron chi connectivity index (χ0n) is 9.69. The van der Waals surface area contributed by atoms with Gasteiger partial charge in [0, 0.05) is 11.1 Å². The van der Waals surface area contributed by atoms with Gasteiger partial charge in [0.05, 0.1) is 6.54 Å². The first-order chi connectivity index (χ1) is 8.02. The van der Waals surface area contributed by atoms with E-state index in [0.717, 1.165) is 16.3 Å². The molecule has 0 aliphatic carbocycles. The number of nitrogens with one attached hydrogen (secondary N) is 2. The van der Waals surface area contributed by atoms with Crippen LogP contribution in [0.2, 0.25) is 0 Å². The third-order valence-corrected chi connectivity index (χ3v) is 3.21. The maximum atomic E-state index is 11.3. The highest BCUT2D eigenvalue weighted by Gasteiger charge is 2.13. The van der Waals surface area contributed by atoms with E-state index in [1.54, 1.807) is 6.20 Å². The molecule has 0 aliphatic heterocycles. The molecule has 2 amide bonds. The molecule has 0 bridgehead atoms. The fraction of sp³-hybridized carbons (Fsp3) is 0.500. The first kappa shape index (κ1) is 13.4. The lowest BCUT2D eigenvalue weighted by Gasteiger charge is -2.09. The van der Waals surface area contributed by atoms with Crippen LogP contribution in [0.3, 0.4) is 0 Å². The number of aromatic nitrogens is 1. The normalized spacial score (nSPS) is 11.9. The molecule has 0 aliphatic rings. The van der Waals surface area contributed by atoms with Gasteiger partial charge in [-0.2, -0.15) is 0 Å². The average molecular weight is 257 g/mol. The van der Waals surface area contributed by atoms with Crippen molar-refractivity contribution in [3.05, 3.63) is 16.1 Å². The van der Waals surface area contributed by atoms with Crippen LogP contribution in [0, 0.1) is 0 Å². The fourth-order valence-electron chi connectivity index (χ4n) is 1.06. The van der Waals surface area contributed by atoms with E-state index in [4.69, 9.17) is 5.11 Å². The number of aliphatic carboxylic acids is 1. The van der Waals surface area contributed by atoms with Gasteiger partial charge in [0.25, 0.3) is 0 Å². The van der Waals surface area contributed by atoms with E-state index in [0.29, 0.717) is 6.54 Å². The summed E-state index contributed by atoms with van der Waals surface area (Å²) < 4.78 is 0. The number of rotatable bonds is 5. The van der Waals surface area contributed by atoms with Gasteiger partial charge in [-0.15, -0.1) is 11.3 Å². The van der Waals surface area contributed by atoms with Crippen molar-refractivity contribution in [3.63, 3.8) is 0 Å². The van der Waals surface area contributed by atoms with Gasteiger partial charge in [0.15, 0.2) is 0 Å². The molecule has 0 saturated heterocycles. The van der Waals surface area contributed by atoms with Crippen molar-refractivity contribution in [1.29, 1.82) is 0 Å². The Morgan fingerprint density at radius 3 is 2.82 bits per heavy atom. The van der Waals surface area contributed by atoms with Crippen LogP contribution in [-0.2, 0) is 17.8 Å². The molecule has 0 radical (unpaired) electrons. The Labute approximate surface area is 103 Å². The number of carbonyl (C=O) groups excluding carboxylic acids is 1. The number of nitrogens with zero attached hydrogens (tertiary/aromatic N) is 1. The van der Waals surface area contributed by atoms with Crippen LogP contribution in [0.5, 0.6) is 0 Å². The Morgan fingerprint density at radius 2 is 2.29 bits per heavy atom. The molecule has 1 aromatic rings. The summed E-state index contributed by atoms with van der Waals surface area (Å²) in [6, 6.07) is -1.41. The summed E-state index contributed by atoms with van der Waals surface area (Å²) in [5.41, 5.74) is 0. The number of urea groups is 1. The summed E-state index contributed by atoms with van der Waals surface area (Å²) in [5.74, 6) is -1.07. The highest BCUT2D eigenvalue weighted by molar-refractivity contribution is 7.11. The Kier molecular flexibility index (Phi) is 4.89. The molecule has 0 fully saturated rings. The summed E-state index contributed by atoms with van der Waals surface area (Å²) in [6.45, 7) is 3.75. The van der Waals surface area contributed by atoms with E-state index in [1.807, 2.05) is 6.92 Å². The lowest BCUT2D eigenvalue weighted by molar-refractivity contribution is -0.138. The van der Waals surface area contributed by atoms with Gasteiger partial charge < -0.3 is 15.7 Å². The largest absolute Gasteiger partial charge is 0.480 e. The molecule has 1 aromatic heterocycles. The smallest absolute Gasteiger partial charge is 0.325 e. The van der Waals surface area contributed by atoms with Gasteiger partial charge >= 0.3 is 12.0 Å². The molecule has 0 unspecified atom stereocenters. The van der Waals surface area contributed by atoms with E-state index in [1.165, 1.54) is 18.3 Å². The number of hydrogen-bond donors (Lipinski definition) is 3. The number of thiazole rings is 1. The van der Waals surface area contributed by atoms with Crippen molar-refractivity contribution in [1.82, 2.24) is 15.6 Å². The van der Waals surface area contributed by atoms with Gasteiger partial charge in [-0.25, -0.2) is 9.78 Å². The van der Waals surface area contributed by atoms with E-state index in [9.17, 15) is 9.59 Å². The number of amides is 2. The van der Waals surface area contributed by atoms with Crippen molar-refractivity contribution >= 4 is 23.3 Å². The molecule has 1 rings (SSSR count). The van der Waals surface area contributed by atoms with Crippen LogP contribution in [0.1, 0.15) is 23.7 Å². The maximum absolute atomic E-state index is 11.3. The second kappa shape index (κ2) is 6.19. The number of aryl methyl sites for hydroxylation is 1. The third kappa shape index (κ3) is 4.39. The summed E-state index contributed by atoms with van der Waals surface area (Å²) in [7, 11) is 0. The minimum absolute atomic E-state index is 0.308. The molecule has 3 N–H and O–H groups in total. The van der Waals surface area contributed by atoms with Crippen LogP contribution < -0.4 is 10.6 Å². The lowest BCUT2D eigenvalue weighted by Crippen LogP contribution is -2.44. The summed E-state index contributed by atoms with van der Waals surface area (Å²) in [6.07, 6.45) is 2.69. The van der Waals surface area contributed by atoms with E-state index in [2.05, 4.69) is 15.6 Å². The Hall–Kier alpha value is -1.63. The zero-order valence-corrected chi connectivity index (χ0v) is 10.5. The van der Waals surface area contributed by atoms with Gasteiger partial charge in [0.1, 0.15) is 11.0 Å². The summed E-state index contributed by atoms with van der Waals surface area (Å²) >= 11 is 1.53. The topological polar surface area (TPSA) is 91.3 Å². The monoisotopic (exact) mass is 257 g/mol. The first-order valence-corrected chi connectivity index (χ1v) is 6.05. The van der Waals surface area contributed by atoms with Crippen molar-refractivity contribution < 1.29 is 14.7 Å². The van der Waals surface area contributed by atoms with Gasteiger partial charge in [-0.3, -0.25) is 4.79 Å². The van der Waals surface area contributed by atoms with Crippen LogP contribution in [0.15, 0.2) is 6.20 Å². The van der Waals surface area contributed by atoms with Gasteiger partial charge in [-0.1, -0.05) is 6.92 Å². The second-order valence-corrected chi connectivity index (χ2v) is 4.66. The molecule has 94 valence electrons. The van der Waals surface area contributed by atoms with E-state index >= 15 is 0 Å². The van der Waals surface area contributed by atoms with E-state index < -0.39 is 18.0 Å². The molecule has 0 spiro atoms. The third-order valence-electron chi connectivity index (χ3n) is 2.07. The fourth-order valence-corrected chi connectivity index (χ4v) is 1.86. The van der Waals surface area contributed by atoms with Crippen molar-refractivity contribution in [2.45, 2.75) is 32.9 Å². The van der Waals surface area contributed by atoms with Crippen molar-refractivity contribution in [2.75, 3.05) is 0 Å². The van der Waals surface area contributed by atoms with Crippen LogP contribution in [-0.4, -0.2) is 28.1 Å². The lowest BCUT2D eigenvalue weighted by atomic mass is 10.3. The molecule has 7 heteroatoms. The molecule has 1 heterocycles. The molecular weight excluding hydrogens is 242 g/mol. The quantitative estimate of drug-likeness (QED) is 0.733. The highest BCUT2D eigenvalue weighted by atomic mass is 32.1. The second-order valence-electron chi connectivity index (χ2n) is 3.46. The number of hydrogen-bond acceptors (Lipinski definition) is 4. The average Bonchev–Trinajstić information content (AvgIpc) is 2.74. The minimum Gasteiger partial charge on any atom is -0.480 e. The number of carboxylic acids is 1. The molecule has 17 heavy (non-hydrogen) atoms. The standard InChI is InChI=1S/C10H15N3O3S/c1-3-7-4-11-8(17-7)5-12-10(16)13-6(2)9(14)15/h4,6H,3,5H2,1-2H3,(H,14,15)(H2,12,13,16)/t6-/m1/s1. The molecule has 1 atom stereocenters. The van der Waals surface area contributed by atoms with E-state index in [-0.39, 0.29) is 0 Å². The molecular formula is C10H15N3O3S. The van der Waals surface area contributed by atoms with Crippen LogP contribution >= 0.6 is 11.3 Å². The maximum Gasteiger partial charge on any atom is 0.325 e. The van der Waals surface area contributed by atoms with Gasteiger partial charge in [-0.05, 0) is 13.3 Å². The number of carbonyl (C=O) groups is 2. The van der Waals surface area contributed by atoms with Crippen LogP contribution in [0.4, 0.5) is 4.79 Å². The van der Waals surface area contributed by atoms with Crippen molar-refractivity contribution in [2.24, 2.45) is 0 Å². The summed E-state index contributed by atoms with van der Waals surface area (Å²) in [5, 5.41) is 14.3. The van der Waals surface area contributed by atoms with Crippen LogP contribution in [0.25, 0.3) is 0 Å². The Balaban J connectivity index is 2.35. The van der Waals surface area contributed by atoms with Crippen molar-refractivity contribution in [3.8, 4) is 0 Å². The molecule has 6 nitrogen and oxygen atoms in total. The predicted octanol–water partition coefficient (Wildman–Crippen LogP) is 0.978. The first-order valence-electron chi connectivity index (χ1n) is 5.23. The summed E-state index contributed by atoms with van der Waals surface area (Å²) in [4.78, 5) is 27.1. The zero-order chi connectivity index (χ0) is 12.8. The Bertz CT molecular complexity index is 405. The molecule has 0 saturated carbocycles. The van der Waals surface area contributed by atoms with Gasteiger partial charge in [0.2, 0.25) is 0 Å².